The van der Waals surface area contributed by atoms with Crippen molar-refractivity contribution in [3.8, 4) is 17.0 Å². The molecule has 0 atom stereocenters. The van der Waals surface area contributed by atoms with Crippen LogP contribution in [0.5, 0.6) is 5.88 Å². The van der Waals surface area contributed by atoms with E-state index >= 15 is 0 Å². The highest BCUT2D eigenvalue weighted by molar-refractivity contribution is 9.10. The van der Waals surface area contributed by atoms with Crippen molar-refractivity contribution >= 4 is 27.7 Å². The normalized spacial score (nSPS) is 10.7. The average molecular weight is 355 g/mol. The molecule has 0 saturated heterocycles. The van der Waals surface area contributed by atoms with Crippen molar-refractivity contribution < 1.29 is 5.11 Å². The number of nitrogens with one attached hydrogen (secondary N) is 1. The van der Waals surface area contributed by atoms with Crippen molar-refractivity contribution in [3.63, 3.8) is 0 Å². The molecule has 6 heteroatoms. The number of benzene rings is 1. The van der Waals surface area contributed by atoms with Gasteiger partial charge in [0, 0.05) is 4.47 Å². The van der Waals surface area contributed by atoms with Gasteiger partial charge in [-0.25, -0.2) is 0 Å². The minimum atomic E-state index is -0.317. The van der Waals surface area contributed by atoms with Gasteiger partial charge in [0.2, 0.25) is 5.88 Å². The SMILES string of the molecule is CCCSCc1nc(O)c(-c2cccc(Br)c2)c(=O)[nH]1. The first-order valence-corrected chi connectivity index (χ1v) is 8.22. The van der Waals surface area contributed by atoms with Crippen LogP contribution in [-0.2, 0) is 5.75 Å². The van der Waals surface area contributed by atoms with Crippen LogP contribution in [0, 0.1) is 0 Å². The molecule has 106 valence electrons. The summed E-state index contributed by atoms with van der Waals surface area (Å²) in [6, 6.07) is 7.21. The lowest BCUT2D eigenvalue weighted by Gasteiger charge is -2.06. The van der Waals surface area contributed by atoms with Gasteiger partial charge in [0.1, 0.15) is 11.4 Å². The molecular formula is C14H15BrN2O2S. The molecule has 2 rings (SSSR count). The Labute approximate surface area is 129 Å². The van der Waals surface area contributed by atoms with E-state index in [1.807, 2.05) is 12.1 Å². The van der Waals surface area contributed by atoms with E-state index in [2.05, 4.69) is 32.8 Å². The number of thioether (sulfide) groups is 1. The van der Waals surface area contributed by atoms with Crippen molar-refractivity contribution in [2.24, 2.45) is 0 Å². The number of halogens is 1. The molecule has 1 heterocycles. The summed E-state index contributed by atoms with van der Waals surface area (Å²) in [6.07, 6.45) is 1.07. The molecule has 0 radical (unpaired) electrons. The highest BCUT2D eigenvalue weighted by Crippen LogP contribution is 2.26. The Morgan fingerprint density at radius 3 is 2.90 bits per heavy atom. The number of rotatable bonds is 5. The summed E-state index contributed by atoms with van der Waals surface area (Å²) in [5.41, 5.74) is 0.525. The number of aromatic hydroxyl groups is 1. The minimum Gasteiger partial charge on any atom is -0.493 e. The van der Waals surface area contributed by atoms with Crippen LogP contribution < -0.4 is 5.56 Å². The third kappa shape index (κ3) is 3.64. The van der Waals surface area contributed by atoms with Gasteiger partial charge in [0.05, 0.1) is 5.75 Å². The van der Waals surface area contributed by atoms with Crippen LogP contribution in [0.25, 0.3) is 11.1 Å². The maximum Gasteiger partial charge on any atom is 0.262 e. The maximum absolute atomic E-state index is 12.1. The van der Waals surface area contributed by atoms with Gasteiger partial charge in [-0.3, -0.25) is 4.79 Å². The highest BCUT2D eigenvalue weighted by Gasteiger charge is 2.13. The summed E-state index contributed by atoms with van der Waals surface area (Å²) in [5, 5.41) is 10.0. The second-order valence-electron chi connectivity index (χ2n) is 4.27. The second kappa shape index (κ2) is 6.95. The molecule has 0 unspecified atom stereocenters. The monoisotopic (exact) mass is 354 g/mol. The van der Waals surface area contributed by atoms with Crippen LogP contribution in [0.4, 0.5) is 0 Å². The Morgan fingerprint density at radius 2 is 2.25 bits per heavy atom. The summed E-state index contributed by atoms with van der Waals surface area (Å²) in [7, 11) is 0. The van der Waals surface area contributed by atoms with E-state index in [4.69, 9.17) is 0 Å². The molecule has 0 amide bonds. The molecule has 0 aliphatic rings. The van der Waals surface area contributed by atoms with Crippen molar-refractivity contribution in [1.82, 2.24) is 9.97 Å². The van der Waals surface area contributed by atoms with Gasteiger partial charge >= 0.3 is 0 Å². The van der Waals surface area contributed by atoms with Gasteiger partial charge in [-0.2, -0.15) is 16.7 Å². The van der Waals surface area contributed by atoms with E-state index in [9.17, 15) is 9.90 Å². The van der Waals surface area contributed by atoms with E-state index in [-0.39, 0.29) is 17.0 Å². The zero-order valence-corrected chi connectivity index (χ0v) is 13.4. The molecule has 20 heavy (non-hydrogen) atoms. The molecule has 0 aliphatic heterocycles. The van der Waals surface area contributed by atoms with E-state index in [0.717, 1.165) is 16.6 Å². The van der Waals surface area contributed by atoms with Gasteiger partial charge in [0.25, 0.3) is 5.56 Å². The first-order chi connectivity index (χ1) is 9.61. The summed E-state index contributed by atoms with van der Waals surface area (Å²) in [5.74, 6) is 1.87. The highest BCUT2D eigenvalue weighted by atomic mass is 79.9. The molecule has 0 bridgehead atoms. The molecule has 1 aromatic carbocycles. The Kier molecular flexibility index (Phi) is 5.25. The summed E-state index contributed by atoms with van der Waals surface area (Å²) < 4.78 is 0.844. The van der Waals surface area contributed by atoms with Gasteiger partial charge in [0.15, 0.2) is 0 Å². The minimum absolute atomic E-state index is 0.204. The fourth-order valence-corrected chi connectivity index (χ4v) is 2.95. The van der Waals surface area contributed by atoms with Crippen molar-refractivity contribution in [2.45, 2.75) is 19.1 Å². The van der Waals surface area contributed by atoms with Crippen LogP contribution in [0.3, 0.4) is 0 Å². The number of nitrogens with zero attached hydrogens (tertiary/aromatic N) is 1. The Hall–Kier alpha value is -1.27. The number of hydrogen-bond acceptors (Lipinski definition) is 4. The lowest BCUT2D eigenvalue weighted by atomic mass is 10.1. The first-order valence-electron chi connectivity index (χ1n) is 6.27. The average Bonchev–Trinajstić information content (AvgIpc) is 2.38. The molecule has 2 aromatic rings. The molecule has 4 nitrogen and oxygen atoms in total. The molecule has 0 spiro atoms. The predicted octanol–water partition coefficient (Wildman–Crippen LogP) is 3.55. The largest absolute Gasteiger partial charge is 0.493 e. The number of hydrogen-bond donors (Lipinski definition) is 2. The molecule has 0 fully saturated rings. The third-order valence-corrected chi connectivity index (χ3v) is 4.32. The van der Waals surface area contributed by atoms with Gasteiger partial charge in [-0.15, -0.1) is 0 Å². The van der Waals surface area contributed by atoms with Crippen LogP contribution >= 0.6 is 27.7 Å². The molecule has 1 aromatic heterocycles. The summed E-state index contributed by atoms with van der Waals surface area (Å²) in [4.78, 5) is 18.9. The maximum atomic E-state index is 12.1. The van der Waals surface area contributed by atoms with Crippen LogP contribution in [0.1, 0.15) is 19.2 Å². The van der Waals surface area contributed by atoms with Crippen molar-refractivity contribution in [3.05, 3.63) is 44.9 Å². The Morgan fingerprint density at radius 1 is 1.45 bits per heavy atom. The van der Waals surface area contributed by atoms with Crippen LogP contribution in [0.2, 0.25) is 0 Å². The summed E-state index contributed by atoms with van der Waals surface area (Å²) >= 11 is 5.02. The number of H-pyrrole nitrogens is 1. The Bertz CT molecular complexity index is 658. The lowest BCUT2D eigenvalue weighted by Crippen LogP contribution is -2.13. The van der Waals surface area contributed by atoms with Crippen LogP contribution in [-0.4, -0.2) is 20.8 Å². The summed E-state index contributed by atoms with van der Waals surface area (Å²) in [6.45, 7) is 2.09. The van der Waals surface area contributed by atoms with E-state index in [1.54, 1.807) is 23.9 Å². The van der Waals surface area contributed by atoms with Crippen molar-refractivity contribution in [2.75, 3.05) is 5.75 Å². The molecule has 0 saturated carbocycles. The quantitative estimate of drug-likeness (QED) is 0.805. The lowest BCUT2D eigenvalue weighted by molar-refractivity contribution is 0.451. The van der Waals surface area contributed by atoms with Gasteiger partial charge in [-0.1, -0.05) is 35.0 Å². The second-order valence-corrected chi connectivity index (χ2v) is 6.30. The smallest absolute Gasteiger partial charge is 0.262 e. The molecule has 2 N–H and O–H groups in total. The van der Waals surface area contributed by atoms with E-state index in [0.29, 0.717) is 17.1 Å². The zero-order chi connectivity index (χ0) is 14.5. The number of aromatic nitrogens is 2. The molecule has 0 aliphatic carbocycles. The van der Waals surface area contributed by atoms with Crippen molar-refractivity contribution in [1.29, 1.82) is 0 Å². The zero-order valence-electron chi connectivity index (χ0n) is 11.0. The standard InChI is InChI=1S/C14H15BrN2O2S/c1-2-6-20-8-11-16-13(18)12(14(19)17-11)9-4-3-5-10(15)7-9/h3-5,7H,2,6,8H2,1H3,(H2,16,17,18,19). The predicted molar refractivity (Wildman–Crippen MR) is 86.1 cm³/mol. The third-order valence-electron chi connectivity index (χ3n) is 2.65. The molecular weight excluding hydrogens is 340 g/mol. The fraction of sp³-hybridized carbons (Fsp3) is 0.286. The van der Waals surface area contributed by atoms with E-state index < -0.39 is 0 Å². The van der Waals surface area contributed by atoms with Crippen LogP contribution in [0.15, 0.2) is 33.5 Å². The Balaban J connectivity index is 2.34. The van der Waals surface area contributed by atoms with Gasteiger partial charge in [-0.05, 0) is 29.9 Å². The van der Waals surface area contributed by atoms with Gasteiger partial charge < -0.3 is 10.1 Å². The topological polar surface area (TPSA) is 66.0 Å². The first kappa shape index (κ1) is 15.1. The fourth-order valence-electron chi connectivity index (χ4n) is 1.79. The number of aromatic amines is 1. The van der Waals surface area contributed by atoms with E-state index in [1.165, 1.54) is 0 Å².